The van der Waals surface area contributed by atoms with Crippen molar-refractivity contribution in [3.63, 3.8) is 0 Å². The number of aromatic nitrogens is 3. The smallest absolute Gasteiger partial charge is 0.490 e. The molecule has 0 atom stereocenters. The van der Waals surface area contributed by atoms with Crippen LogP contribution in [-0.2, 0) is 11.3 Å². The van der Waals surface area contributed by atoms with Crippen LogP contribution >= 0.6 is 0 Å². The fourth-order valence-corrected chi connectivity index (χ4v) is 2.74. The molecule has 1 saturated heterocycles. The molecule has 3 rings (SSSR count). The monoisotopic (exact) mass is 416 g/mol. The average molecular weight is 416 g/mol. The van der Waals surface area contributed by atoms with Gasteiger partial charge in [0.2, 0.25) is 0 Å². The first-order valence-electron chi connectivity index (χ1n) is 8.94. The van der Waals surface area contributed by atoms with E-state index in [-0.39, 0.29) is 6.10 Å². The molecular formula is C18H23F3N4O4. The van der Waals surface area contributed by atoms with E-state index >= 15 is 0 Å². The first-order valence-corrected chi connectivity index (χ1v) is 8.94. The lowest BCUT2D eigenvalue weighted by molar-refractivity contribution is -0.192. The maximum atomic E-state index is 10.6. The number of likely N-dealkylation sites (tertiary alicyclic amines) is 1. The topological polar surface area (TPSA) is 89.7 Å². The largest absolute Gasteiger partial charge is 0.493 e. The molecule has 2 heterocycles. The number of rotatable bonds is 6. The van der Waals surface area contributed by atoms with Gasteiger partial charge in [0.05, 0.1) is 13.7 Å². The van der Waals surface area contributed by atoms with Crippen molar-refractivity contribution >= 4 is 5.97 Å². The Morgan fingerprint density at radius 3 is 2.34 bits per heavy atom. The number of carboxylic acid groups (broad SMARTS) is 1. The second kappa shape index (κ2) is 10.6. The summed E-state index contributed by atoms with van der Waals surface area (Å²) in [6.45, 7) is 3.99. The van der Waals surface area contributed by atoms with Gasteiger partial charge in [-0.1, -0.05) is 12.1 Å². The van der Waals surface area contributed by atoms with Gasteiger partial charge in [0.15, 0.2) is 11.5 Å². The predicted octanol–water partition coefficient (Wildman–Crippen LogP) is 2.46. The summed E-state index contributed by atoms with van der Waals surface area (Å²) in [5, 5.41) is 11.3. The lowest BCUT2D eigenvalue weighted by Crippen LogP contribution is -2.39. The number of halogens is 3. The Bertz CT molecular complexity index is 748. The highest BCUT2D eigenvalue weighted by Crippen LogP contribution is 2.28. The van der Waals surface area contributed by atoms with Crippen LogP contribution in [0, 0.1) is 0 Å². The molecule has 0 unspecified atom stereocenters. The van der Waals surface area contributed by atoms with E-state index in [0.29, 0.717) is 0 Å². The summed E-state index contributed by atoms with van der Waals surface area (Å²) < 4.78 is 45.0. The van der Waals surface area contributed by atoms with Crippen LogP contribution in [0.3, 0.4) is 0 Å². The summed E-state index contributed by atoms with van der Waals surface area (Å²) in [4.78, 5) is 15.3. The molecule has 2 aromatic rings. The average Bonchev–Trinajstić information content (AvgIpc) is 3.21. The van der Waals surface area contributed by atoms with Crippen LogP contribution in [0.5, 0.6) is 11.5 Å². The molecule has 1 fully saturated rings. The van der Waals surface area contributed by atoms with Gasteiger partial charge in [-0.2, -0.15) is 18.3 Å². The third-order valence-electron chi connectivity index (χ3n) is 4.25. The van der Waals surface area contributed by atoms with Crippen molar-refractivity contribution in [3.8, 4) is 11.5 Å². The zero-order chi connectivity index (χ0) is 21.3. The Labute approximate surface area is 165 Å². The van der Waals surface area contributed by atoms with Crippen molar-refractivity contribution in [1.82, 2.24) is 19.7 Å². The Kier molecular flexibility index (Phi) is 8.25. The van der Waals surface area contributed by atoms with Crippen molar-refractivity contribution in [2.24, 2.45) is 0 Å². The van der Waals surface area contributed by atoms with Crippen LogP contribution in [0.15, 0.2) is 36.9 Å². The molecule has 0 saturated carbocycles. The van der Waals surface area contributed by atoms with Crippen LogP contribution in [-0.4, -0.2) is 69.8 Å². The molecular weight excluding hydrogens is 393 g/mol. The van der Waals surface area contributed by atoms with Gasteiger partial charge in [-0.15, -0.1) is 0 Å². The number of para-hydroxylation sites is 2. The molecule has 1 aliphatic heterocycles. The number of alkyl halides is 3. The van der Waals surface area contributed by atoms with E-state index in [2.05, 4.69) is 15.0 Å². The third kappa shape index (κ3) is 7.60. The van der Waals surface area contributed by atoms with Gasteiger partial charge >= 0.3 is 12.1 Å². The summed E-state index contributed by atoms with van der Waals surface area (Å²) in [6.07, 6.45) is 0.592. The molecule has 0 bridgehead atoms. The Balaban J connectivity index is 0.000000370. The number of hydrogen-bond donors (Lipinski definition) is 1. The third-order valence-corrected chi connectivity index (χ3v) is 4.25. The van der Waals surface area contributed by atoms with Gasteiger partial charge in [0.1, 0.15) is 18.8 Å². The highest BCUT2D eigenvalue weighted by molar-refractivity contribution is 5.73. The zero-order valence-electron chi connectivity index (χ0n) is 15.9. The molecule has 0 aliphatic carbocycles. The Hall–Kier alpha value is -2.82. The van der Waals surface area contributed by atoms with E-state index < -0.39 is 12.1 Å². The summed E-state index contributed by atoms with van der Waals surface area (Å²) in [7, 11) is 1.68. The quantitative estimate of drug-likeness (QED) is 0.774. The molecule has 0 radical (unpaired) electrons. The highest BCUT2D eigenvalue weighted by Gasteiger charge is 2.38. The van der Waals surface area contributed by atoms with Crippen LogP contribution < -0.4 is 9.47 Å². The number of aliphatic carboxylic acids is 1. The number of ether oxygens (including phenoxy) is 2. The summed E-state index contributed by atoms with van der Waals surface area (Å²) in [5.41, 5.74) is 0. The van der Waals surface area contributed by atoms with Crippen LogP contribution in [0.4, 0.5) is 13.2 Å². The van der Waals surface area contributed by atoms with Crippen molar-refractivity contribution in [3.05, 3.63) is 36.9 Å². The van der Waals surface area contributed by atoms with Crippen LogP contribution in [0.1, 0.15) is 12.8 Å². The van der Waals surface area contributed by atoms with E-state index in [1.165, 1.54) is 0 Å². The number of benzene rings is 1. The van der Waals surface area contributed by atoms with Gasteiger partial charge in [-0.05, 0) is 25.0 Å². The molecule has 8 nitrogen and oxygen atoms in total. The van der Waals surface area contributed by atoms with E-state index in [1.54, 1.807) is 19.8 Å². The van der Waals surface area contributed by atoms with E-state index in [1.807, 2.05) is 28.9 Å². The van der Waals surface area contributed by atoms with Crippen molar-refractivity contribution in [2.75, 3.05) is 26.7 Å². The molecule has 0 amide bonds. The van der Waals surface area contributed by atoms with Crippen molar-refractivity contribution in [1.29, 1.82) is 0 Å². The molecule has 1 aliphatic rings. The molecule has 0 spiro atoms. The fourth-order valence-electron chi connectivity index (χ4n) is 2.74. The number of nitrogens with zero attached hydrogens (tertiary/aromatic N) is 4. The number of carbonyl (C=O) groups is 1. The number of piperidine rings is 1. The second-order valence-corrected chi connectivity index (χ2v) is 6.27. The molecule has 1 N–H and O–H groups in total. The summed E-state index contributed by atoms with van der Waals surface area (Å²) in [5.74, 6) is -1.12. The minimum atomic E-state index is -5.08. The standard InChI is InChI=1S/C16H22N4O2.C2HF3O2/c1-21-15-4-2-3-5-16(15)22-14-6-8-19(9-7-14)10-11-20-13-17-12-18-20;3-2(4,5)1(6)7/h2-5,12-14H,6-11H2,1H3;(H,6,7). The fraction of sp³-hybridized carbons (Fsp3) is 0.500. The predicted molar refractivity (Wildman–Crippen MR) is 96.8 cm³/mol. The Morgan fingerprint density at radius 2 is 1.83 bits per heavy atom. The number of hydrogen-bond acceptors (Lipinski definition) is 6. The van der Waals surface area contributed by atoms with E-state index in [4.69, 9.17) is 19.4 Å². The molecule has 1 aromatic heterocycles. The van der Waals surface area contributed by atoms with E-state index in [9.17, 15) is 13.2 Å². The highest BCUT2D eigenvalue weighted by atomic mass is 19.4. The van der Waals surface area contributed by atoms with Crippen molar-refractivity contribution < 1.29 is 32.5 Å². The Morgan fingerprint density at radius 1 is 1.21 bits per heavy atom. The van der Waals surface area contributed by atoms with Gasteiger partial charge in [-0.3, -0.25) is 4.68 Å². The first-order chi connectivity index (χ1) is 13.8. The second-order valence-electron chi connectivity index (χ2n) is 6.27. The van der Waals surface area contributed by atoms with Crippen LogP contribution in [0.25, 0.3) is 0 Å². The minimum Gasteiger partial charge on any atom is -0.493 e. The minimum absolute atomic E-state index is 0.263. The number of methoxy groups -OCH3 is 1. The summed E-state index contributed by atoms with van der Waals surface area (Å²) in [6, 6.07) is 7.84. The lowest BCUT2D eigenvalue weighted by Gasteiger charge is -2.32. The van der Waals surface area contributed by atoms with Gasteiger partial charge in [0.25, 0.3) is 0 Å². The molecule has 1 aromatic carbocycles. The lowest BCUT2D eigenvalue weighted by atomic mass is 10.1. The van der Waals surface area contributed by atoms with Gasteiger partial charge in [-0.25, -0.2) is 9.78 Å². The molecule has 29 heavy (non-hydrogen) atoms. The van der Waals surface area contributed by atoms with Gasteiger partial charge < -0.3 is 19.5 Å². The molecule has 11 heteroatoms. The number of carboxylic acids is 1. The zero-order valence-corrected chi connectivity index (χ0v) is 15.9. The summed E-state index contributed by atoms with van der Waals surface area (Å²) >= 11 is 0. The SMILES string of the molecule is COc1ccccc1OC1CCN(CCn2cncn2)CC1.O=C(O)C(F)(F)F. The first kappa shape index (κ1) is 22.5. The maximum Gasteiger partial charge on any atom is 0.490 e. The van der Waals surface area contributed by atoms with Gasteiger partial charge in [0, 0.05) is 19.6 Å². The van der Waals surface area contributed by atoms with Crippen molar-refractivity contribution in [2.45, 2.75) is 31.7 Å². The van der Waals surface area contributed by atoms with Crippen LogP contribution in [0.2, 0.25) is 0 Å². The van der Waals surface area contributed by atoms with E-state index in [0.717, 1.165) is 50.5 Å². The molecule has 160 valence electrons. The normalized spacial score (nSPS) is 15.3. The maximum absolute atomic E-state index is 10.6.